The Labute approximate surface area is 118 Å². The molecular weight excluding hydrogens is 295 g/mol. The Bertz CT molecular complexity index is 493. The quantitative estimate of drug-likeness (QED) is 0.845. The molecule has 1 aromatic rings. The third kappa shape index (κ3) is 4.57. The standard InChI is InChI=1S/C13H15F5N2O/c1-3-4-20(7-13(16,17)18)12(21)8-5-9(14)11(19-2)10(15)6-8/h5-6,19H,3-4,7H2,1-2H3. The van der Waals surface area contributed by atoms with Gasteiger partial charge in [0.1, 0.15) is 23.9 Å². The average molecular weight is 310 g/mol. The highest BCUT2D eigenvalue weighted by atomic mass is 19.4. The molecule has 1 amide bonds. The molecule has 21 heavy (non-hydrogen) atoms. The van der Waals surface area contributed by atoms with E-state index >= 15 is 0 Å². The number of rotatable bonds is 5. The first kappa shape index (κ1) is 17.2. The Morgan fingerprint density at radius 1 is 1.24 bits per heavy atom. The third-order valence-electron chi connectivity index (χ3n) is 2.69. The number of benzene rings is 1. The van der Waals surface area contributed by atoms with Crippen LogP contribution < -0.4 is 5.32 Å². The molecule has 3 nitrogen and oxygen atoms in total. The van der Waals surface area contributed by atoms with E-state index in [9.17, 15) is 26.7 Å². The summed E-state index contributed by atoms with van der Waals surface area (Å²) in [5.74, 6) is -3.14. The van der Waals surface area contributed by atoms with Gasteiger partial charge in [-0.05, 0) is 18.6 Å². The SMILES string of the molecule is CCCN(CC(F)(F)F)C(=O)c1cc(F)c(NC)c(F)c1. The van der Waals surface area contributed by atoms with Gasteiger partial charge in [-0.3, -0.25) is 4.79 Å². The fourth-order valence-corrected chi connectivity index (χ4v) is 1.86. The van der Waals surface area contributed by atoms with Gasteiger partial charge in [-0.2, -0.15) is 13.2 Å². The molecule has 0 atom stereocenters. The summed E-state index contributed by atoms with van der Waals surface area (Å²) >= 11 is 0. The smallest absolute Gasteiger partial charge is 0.383 e. The van der Waals surface area contributed by atoms with Crippen LogP contribution in [0.1, 0.15) is 23.7 Å². The van der Waals surface area contributed by atoms with Crippen molar-refractivity contribution in [1.82, 2.24) is 4.90 Å². The molecule has 0 aliphatic carbocycles. The van der Waals surface area contributed by atoms with Crippen molar-refractivity contribution in [2.75, 3.05) is 25.5 Å². The van der Waals surface area contributed by atoms with Crippen molar-refractivity contribution in [3.8, 4) is 0 Å². The lowest BCUT2D eigenvalue weighted by Crippen LogP contribution is -2.39. The van der Waals surface area contributed by atoms with Crippen molar-refractivity contribution >= 4 is 11.6 Å². The second-order valence-corrected chi connectivity index (χ2v) is 4.41. The molecule has 0 heterocycles. The van der Waals surface area contributed by atoms with E-state index in [1.54, 1.807) is 6.92 Å². The van der Waals surface area contributed by atoms with Crippen LogP contribution in [0.4, 0.5) is 27.6 Å². The average Bonchev–Trinajstić information content (AvgIpc) is 2.35. The summed E-state index contributed by atoms with van der Waals surface area (Å²) < 4.78 is 64.4. The van der Waals surface area contributed by atoms with Crippen molar-refractivity contribution in [2.24, 2.45) is 0 Å². The van der Waals surface area contributed by atoms with Crippen LogP contribution in [0, 0.1) is 11.6 Å². The van der Waals surface area contributed by atoms with Crippen LogP contribution in [0.15, 0.2) is 12.1 Å². The van der Waals surface area contributed by atoms with E-state index in [0.29, 0.717) is 11.3 Å². The summed E-state index contributed by atoms with van der Waals surface area (Å²) in [7, 11) is 1.29. The summed E-state index contributed by atoms with van der Waals surface area (Å²) in [6, 6.07) is 1.44. The predicted molar refractivity (Wildman–Crippen MR) is 68.2 cm³/mol. The van der Waals surface area contributed by atoms with E-state index < -0.39 is 41.5 Å². The molecule has 8 heteroatoms. The lowest BCUT2D eigenvalue weighted by atomic mass is 10.1. The maximum atomic E-state index is 13.6. The lowest BCUT2D eigenvalue weighted by molar-refractivity contribution is -0.140. The topological polar surface area (TPSA) is 32.3 Å². The zero-order valence-electron chi connectivity index (χ0n) is 11.5. The third-order valence-corrected chi connectivity index (χ3v) is 2.69. The van der Waals surface area contributed by atoms with Gasteiger partial charge in [0.15, 0.2) is 0 Å². The van der Waals surface area contributed by atoms with E-state index in [1.165, 1.54) is 7.05 Å². The maximum Gasteiger partial charge on any atom is 0.406 e. The molecule has 0 unspecified atom stereocenters. The monoisotopic (exact) mass is 310 g/mol. The number of halogens is 5. The van der Waals surface area contributed by atoms with Crippen LogP contribution in [0.25, 0.3) is 0 Å². The van der Waals surface area contributed by atoms with Crippen molar-refractivity contribution < 1.29 is 26.7 Å². The van der Waals surface area contributed by atoms with Crippen molar-refractivity contribution in [1.29, 1.82) is 0 Å². The van der Waals surface area contributed by atoms with Crippen LogP contribution in [-0.2, 0) is 0 Å². The summed E-state index contributed by atoms with van der Waals surface area (Å²) in [6.45, 7) is -0.0199. The lowest BCUT2D eigenvalue weighted by Gasteiger charge is -2.23. The van der Waals surface area contributed by atoms with Gasteiger partial charge in [-0.15, -0.1) is 0 Å². The van der Waals surface area contributed by atoms with Gasteiger partial charge in [0.05, 0.1) is 0 Å². The minimum Gasteiger partial charge on any atom is -0.383 e. The van der Waals surface area contributed by atoms with Crippen LogP contribution in [0.2, 0.25) is 0 Å². The van der Waals surface area contributed by atoms with E-state index in [2.05, 4.69) is 5.32 Å². The van der Waals surface area contributed by atoms with Crippen LogP contribution >= 0.6 is 0 Å². The van der Waals surface area contributed by atoms with Gasteiger partial charge in [-0.1, -0.05) is 6.92 Å². The van der Waals surface area contributed by atoms with Gasteiger partial charge in [0, 0.05) is 19.2 Å². The van der Waals surface area contributed by atoms with Gasteiger partial charge >= 0.3 is 6.18 Å². The minimum absolute atomic E-state index is 0.157. The normalized spacial score (nSPS) is 11.4. The second kappa shape index (κ2) is 6.73. The number of hydrogen-bond acceptors (Lipinski definition) is 2. The molecule has 0 bridgehead atoms. The largest absolute Gasteiger partial charge is 0.406 e. The molecular formula is C13H15F5N2O. The first-order valence-electron chi connectivity index (χ1n) is 6.22. The summed E-state index contributed by atoms with van der Waals surface area (Å²) in [5.41, 5.74) is -0.897. The van der Waals surface area contributed by atoms with Crippen molar-refractivity contribution in [3.63, 3.8) is 0 Å². The number of carbonyl (C=O) groups is 1. The zero-order chi connectivity index (χ0) is 16.2. The number of hydrogen-bond donors (Lipinski definition) is 1. The van der Waals surface area contributed by atoms with Crippen molar-refractivity contribution in [2.45, 2.75) is 19.5 Å². The van der Waals surface area contributed by atoms with Crippen molar-refractivity contribution in [3.05, 3.63) is 29.3 Å². The Hall–Kier alpha value is -1.86. The fourth-order valence-electron chi connectivity index (χ4n) is 1.86. The van der Waals surface area contributed by atoms with Crippen LogP contribution in [-0.4, -0.2) is 37.1 Å². The molecule has 0 saturated heterocycles. The molecule has 0 saturated carbocycles. The predicted octanol–water partition coefficient (Wildman–Crippen LogP) is 3.42. The first-order valence-corrected chi connectivity index (χ1v) is 6.22. The summed E-state index contributed by atoms with van der Waals surface area (Å²) in [4.78, 5) is 12.5. The van der Waals surface area contributed by atoms with Crippen LogP contribution in [0.5, 0.6) is 0 Å². The second-order valence-electron chi connectivity index (χ2n) is 4.41. The minimum atomic E-state index is -4.58. The number of nitrogens with one attached hydrogen (secondary N) is 1. The highest BCUT2D eigenvalue weighted by molar-refractivity contribution is 5.94. The Morgan fingerprint density at radius 3 is 2.14 bits per heavy atom. The van der Waals surface area contributed by atoms with Crippen LogP contribution in [0.3, 0.4) is 0 Å². The Kier molecular flexibility index (Phi) is 5.51. The number of anilines is 1. The van der Waals surface area contributed by atoms with Gasteiger partial charge in [0.2, 0.25) is 0 Å². The number of alkyl halides is 3. The zero-order valence-corrected chi connectivity index (χ0v) is 11.5. The molecule has 0 spiro atoms. The molecule has 1 rings (SSSR count). The number of carbonyl (C=O) groups excluding carboxylic acids is 1. The summed E-state index contributed by atoms with van der Waals surface area (Å²) in [5, 5.41) is 2.27. The highest BCUT2D eigenvalue weighted by Gasteiger charge is 2.33. The molecule has 1 N–H and O–H groups in total. The Balaban J connectivity index is 3.09. The first-order chi connectivity index (χ1) is 9.69. The molecule has 0 aliphatic heterocycles. The highest BCUT2D eigenvalue weighted by Crippen LogP contribution is 2.23. The number of nitrogens with zero attached hydrogens (tertiary/aromatic N) is 1. The molecule has 0 aromatic heterocycles. The van der Waals surface area contributed by atoms with Gasteiger partial charge in [0.25, 0.3) is 5.91 Å². The van der Waals surface area contributed by atoms with E-state index in [0.717, 1.165) is 12.1 Å². The molecule has 0 radical (unpaired) electrons. The van der Waals surface area contributed by atoms with Gasteiger partial charge in [-0.25, -0.2) is 8.78 Å². The van der Waals surface area contributed by atoms with Gasteiger partial charge < -0.3 is 10.2 Å². The molecule has 0 fully saturated rings. The number of amides is 1. The van der Waals surface area contributed by atoms with E-state index in [1.807, 2.05) is 0 Å². The fraction of sp³-hybridized carbons (Fsp3) is 0.462. The van der Waals surface area contributed by atoms with E-state index in [4.69, 9.17) is 0 Å². The summed E-state index contributed by atoms with van der Waals surface area (Å²) in [6.07, 6.45) is -4.28. The maximum absolute atomic E-state index is 13.6. The van der Waals surface area contributed by atoms with E-state index in [-0.39, 0.29) is 6.54 Å². The molecule has 118 valence electrons. The molecule has 0 aliphatic rings. The molecule has 1 aromatic carbocycles. The Morgan fingerprint density at radius 2 is 1.76 bits per heavy atom.